The topological polar surface area (TPSA) is 49.8 Å². The van der Waals surface area contributed by atoms with Crippen LogP contribution >= 0.6 is 15.9 Å². The van der Waals surface area contributed by atoms with Gasteiger partial charge in [0, 0.05) is 17.1 Å². The van der Waals surface area contributed by atoms with Crippen LogP contribution in [0.15, 0.2) is 46.9 Å². The molecule has 4 nitrogen and oxygen atoms in total. The second-order valence-corrected chi connectivity index (χ2v) is 5.60. The van der Waals surface area contributed by atoms with Crippen LogP contribution in [-0.2, 0) is 4.74 Å². The van der Waals surface area contributed by atoms with Gasteiger partial charge in [0.05, 0.1) is 5.69 Å². The first-order valence-electron chi connectivity index (χ1n) is 6.31. The van der Waals surface area contributed by atoms with Crippen LogP contribution in [0.1, 0.15) is 11.1 Å². The van der Waals surface area contributed by atoms with Gasteiger partial charge in [0.2, 0.25) is 0 Å². The van der Waals surface area contributed by atoms with Crippen LogP contribution < -0.4 is 4.90 Å². The molecule has 1 aliphatic heterocycles. The molecule has 5 heteroatoms. The van der Waals surface area contributed by atoms with Crippen LogP contribution in [0.4, 0.5) is 10.5 Å². The lowest BCUT2D eigenvalue weighted by Gasteiger charge is -2.27. The summed E-state index contributed by atoms with van der Waals surface area (Å²) in [6.45, 7) is 0. The zero-order chi connectivity index (χ0) is 15.0. The molecule has 2 aromatic rings. The number of phenols is 1. The van der Waals surface area contributed by atoms with E-state index >= 15 is 0 Å². The zero-order valence-electron chi connectivity index (χ0n) is 11.2. The van der Waals surface area contributed by atoms with Crippen LogP contribution in [0, 0.1) is 0 Å². The van der Waals surface area contributed by atoms with Crippen molar-refractivity contribution in [1.29, 1.82) is 0 Å². The number of halogens is 1. The number of hydrogen-bond acceptors (Lipinski definition) is 3. The molecule has 1 amide bonds. The number of carbonyl (C=O) groups is 1. The Bertz CT molecular complexity index is 738. The molecule has 0 aliphatic carbocycles. The number of ether oxygens (including phenoxy) is 1. The molecule has 0 fully saturated rings. The first kappa shape index (κ1) is 13.7. The summed E-state index contributed by atoms with van der Waals surface area (Å²) in [4.78, 5) is 13.3. The summed E-state index contributed by atoms with van der Waals surface area (Å²) in [6.07, 6.45) is 1.33. The van der Waals surface area contributed by atoms with Gasteiger partial charge in [-0.2, -0.15) is 0 Å². The predicted molar refractivity (Wildman–Crippen MR) is 85.0 cm³/mol. The number of hydrogen-bond donors (Lipinski definition) is 1. The van der Waals surface area contributed by atoms with Crippen molar-refractivity contribution in [1.82, 2.24) is 0 Å². The Morgan fingerprint density at radius 3 is 2.62 bits per heavy atom. The highest BCUT2D eigenvalue weighted by molar-refractivity contribution is 9.10. The molecular formula is C16H12BrNO3. The maximum atomic E-state index is 11.9. The van der Waals surface area contributed by atoms with Crippen molar-refractivity contribution in [3.05, 3.63) is 58.1 Å². The van der Waals surface area contributed by atoms with Crippen molar-refractivity contribution < 1.29 is 14.6 Å². The van der Waals surface area contributed by atoms with Crippen molar-refractivity contribution in [2.24, 2.45) is 0 Å². The monoisotopic (exact) mass is 345 g/mol. The largest absolute Gasteiger partial charge is 0.508 e. The van der Waals surface area contributed by atoms with E-state index in [9.17, 15) is 9.90 Å². The molecule has 0 bridgehead atoms. The SMILES string of the molecule is CN1C(=O)O/C(=C\c2ccc(Br)cc2)c2cc(O)ccc21. The Morgan fingerprint density at radius 1 is 1.19 bits per heavy atom. The van der Waals surface area contributed by atoms with Gasteiger partial charge in [0.15, 0.2) is 0 Å². The molecule has 2 aromatic carbocycles. The summed E-state index contributed by atoms with van der Waals surface area (Å²) in [7, 11) is 1.63. The highest BCUT2D eigenvalue weighted by Gasteiger charge is 2.26. The first-order chi connectivity index (χ1) is 10.0. The number of cyclic esters (lactones) is 1. The molecule has 0 spiro atoms. The molecule has 3 rings (SSSR count). The van der Waals surface area contributed by atoms with E-state index in [0.717, 1.165) is 10.0 Å². The summed E-state index contributed by atoms with van der Waals surface area (Å²) in [5.41, 5.74) is 2.28. The maximum Gasteiger partial charge on any atom is 0.419 e. The Kier molecular flexibility index (Phi) is 3.43. The average Bonchev–Trinajstić information content (AvgIpc) is 2.47. The molecule has 106 valence electrons. The van der Waals surface area contributed by atoms with E-state index in [1.165, 1.54) is 4.90 Å². The van der Waals surface area contributed by atoms with Gasteiger partial charge in [0.1, 0.15) is 11.5 Å². The van der Waals surface area contributed by atoms with Crippen LogP contribution in [0.2, 0.25) is 0 Å². The number of fused-ring (bicyclic) bond motifs is 1. The number of aromatic hydroxyl groups is 1. The summed E-state index contributed by atoms with van der Waals surface area (Å²) >= 11 is 3.38. The lowest BCUT2D eigenvalue weighted by molar-refractivity contribution is 0.199. The zero-order valence-corrected chi connectivity index (χ0v) is 12.8. The predicted octanol–water partition coefficient (Wildman–Crippen LogP) is 4.24. The molecule has 1 aliphatic rings. The van der Waals surface area contributed by atoms with Gasteiger partial charge in [-0.3, -0.25) is 4.90 Å². The smallest absolute Gasteiger partial charge is 0.419 e. The average molecular weight is 346 g/mol. The third-order valence-corrected chi connectivity index (χ3v) is 3.77. The van der Waals surface area contributed by atoms with E-state index in [1.807, 2.05) is 24.3 Å². The minimum absolute atomic E-state index is 0.127. The molecule has 0 aromatic heterocycles. The second-order valence-electron chi connectivity index (χ2n) is 4.69. The van der Waals surface area contributed by atoms with Gasteiger partial charge in [-0.1, -0.05) is 28.1 Å². The van der Waals surface area contributed by atoms with Gasteiger partial charge in [-0.25, -0.2) is 4.79 Å². The van der Waals surface area contributed by atoms with Crippen LogP contribution in [0.3, 0.4) is 0 Å². The molecule has 0 unspecified atom stereocenters. The van der Waals surface area contributed by atoms with Gasteiger partial charge < -0.3 is 9.84 Å². The number of benzene rings is 2. The number of carbonyl (C=O) groups excluding carboxylic acids is 1. The minimum Gasteiger partial charge on any atom is -0.508 e. The summed E-state index contributed by atoms with van der Waals surface area (Å²) in [6, 6.07) is 12.5. The van der Waals surface area contributed by atoms with Crippen molar-refractivity contribution in [2.45, 2.75) is 0 Å². The van der Waals surface area contributed by atoms with Crippen LogP contribution in [-0.4, -0.2) is 18.2 Å². The van der Waals surface area contributed by atoms with E-state index in [4.69, 9.17) is 4.74 Å². The Labute approximate surface area is 130 Å². The number of anilines is 1. The van der Waals surface area contributed by atoms with Crippen LogP contribution in [0.5, 0.6) is 5.75 Å². The van der Waals surface area contributed by atoms with E-state index in [1.54, 1.807) is 31.3 Å². The van der Waals surface area contributed by atoms with Gasteiger partial charge in [-0.15, -0.1) is 0 Å². The molecule has 21 heavy (non-hydrogen) atoms. The lowest BCUT2D eigenvalue weighted by Crippen LogP contribution is -2.31. The molecule has 0 radical (unpaired) electrons. The molecule has 0 saturated heterocycles. The number of rotatable bonds is 1. The fourth-order valence-electron chi connectivity index (χ4n) is 2.15. The fourth-order valence-corrected chi connectivity index (χ4v) is 2.41. The Balaban J connectivity index is 2.11. The van der Waals surface area contributed by atoms with Gasteiger partial charge in [-0.05, 0) is 42.0 Å². The van der Waals surface area contributed by atoms with Crippen LogP contribution in [0.25, 0.3) is 11.8 Å². The number of phenolic OH excluding ortho intramolecular Hbond substituents is 1. The summed E-state index contributed by atoms with van der Waals surface area (Å²) in [5, 5.41) is 9.67. The molecule has 1 N–H and O–H groups in total. The van der Waals surface area contributed by atoms with Crippen molar-refractivity contribution in [2.75, 3.05) is 11.9 Å². The second kappa shape index (κ2) is 5.26. The van der Waals surface area contributed by atoms with Crippen molar-refractivity contribution in [3.63, 3.8) is 0 Å². The van der Waals surface area contributed by atoms with Crippen molar-refractivity contribution in [3.8, 4) is 5.75 Å². The number of nitrogens with zero attached hydrogens (tertiary/aromatic N) is 1. The molecule has 1 heterocycles. The van der Waals surface area contributed by atoms with Gasteiger partial charge in [0.25, 0.3) is 0 Å². The summed E-state index contributed by atoms with van der Waals surface area (Å²) < 4.78 is 6.31. The third kappa shape index (κ3) is 2.64. The maximum absolute atomic E-state index is 11.9. The number of amides is 1. The third-order valence-electron chi connectivity index (χ3n) is 3.25. The first-order valence-corrected chi connectivity index (χ1v) is 7.10. The quantitative estimate of drug-likeness (QED) is 0.840. The summed E-state index contributed by atoms with van der Waals surface area (Å²) in [5.74, 6) is 0.549. The molecule has 0 saturated carbocycles. The van der Waals surface area contributed by atoms with E-state index in [2.05, 4.69) is 15.9 Å². The molecular weight excluding hydrogens is 334 g/mol. The minimum atomic E-state index is -0.448. The van der Waals surface area contributed by atoms with Crippen molar-refractivity contribution >= 4 is 39.5 Å². The van der Waals surface area contributed by atoms with E-state index < -0.39 is 6.09 Å². The lowest BCUT2D eigenvalue weighted by atomic mass is 10.1. The highest BCUT2D eigenvalue weighted by atomic mass is 79.9. The van der Waals surface area contributed by atoms with E-state index in [-0.39, 0.29) is 5.75 Å². The Hall–Kier alpha value is -2.27. The fraction of sp³-hybridized carbons (Fsp3) is 0.0625. The Morgan fingerprint density at radius 2 is 1.90 bits per heavy atom. The normalized spacial score (nSPS) is 15.8. The van der Waals surface area contributed by atoms with E-state index in [0.29, 0.717) is 17.0 Å². The standard InChI is InChI=1S/C16H12BrNO3/c1-18-14-7-6-12(19)9-13(14)15(21-16(18)20)8-10-2-4-11(17)5-3-10/h2-9,19H,1H3/b15-8-. The highest BCUT2D eigenvalue weighted by Crippen LogP contribution is 2.36. The molecule has 0 atom stereocenters. The van der Waals surface area contributed by atoms with Gasteiger partial charge >= 0.3 is 6.09 Å².